The van der Waals surface area contributed by atoms with E-state index >= 15 is 0 Å². The van der Waals surface area contributed by atoms with E-state index in [1.807, 2.05) is 65.7 Å². The van der Waals surface area contributed by atoms with Crippen LogP contribution in [0.15, 0.2) is 54.0 Å². The van der Waals surface area contributed by atoms with Gasteiger partial charge in [0.2, 0.25) is 0 Å². The molecule has 1 amide bonds. The largest absolute Gasteiger partial charge is 0.347 e. The Bertz CT molecular complexity index is 1020. The van der Waals surface area contributed by atoms with Crippen molar-refractivity contribution < 1.29 is 4.79 Å². The van der Waals surface area contributed by atoms with Crippen LogP contribution in [-0.4, -0.2) is 15.5 Å². The Kier molecular flexibility index (Phi) is 3.35. The maximum Gasteiger partial charge on any atom is 0.268 e. The Morgan fingerprint density at radius 2 is 2.09 bits per heavy atom. The Morgan fingerprint density at radius 3 is 2.96 bits per heavy atom. The second kappa shape index (κ2) is 5.52. The molecule has 2 aromatic carbocycles. The second-order valence-corrected chi connectivity index (χ2v) is 6.30. The summed E-state index contributed by atoms with van der Waals surface area (Å²) < 4.78 is 3.06. The minimum Gasteiger partial charge on any atom is -0.347 e. The van der Waals surface area contributed by atoms with Crippen LogP contribution in [-0.2, 0) is 13.6 Å². The molecule has 0 fully saturated rings. The zero-order valence-corrected chi connectivity index (χ0v) is 13.4. The van der Waals surface area contributed by atoms with Crippen LogP contribution >= 0.6 is 11.3 Å². The van der Waals surface area contributed by atoms with E-state index in [0.717, 1.165) is 26.7 Å². The van der Waals surface area contributed by atoms with E-state index in [4.69, 9.17) is 0 Å². The molecule has 2 heterocycles. The number of rotatable bonds is 3. The van der Waals surface area contributed by atoms with E-state index in [1.54, 1.807) is 11.3 Å². The first kappa shape index (κ1) is 14.0. The maximum atomic E-state index is 12.5. The molecule has 1 N–H and O–H groups in total. The lowest BCUT2D eigenvalue weighted by atomic mass is 10.2. The summed E-state index contributed by atoms with van der Waals surface area (Å²) in [5.74, 6) is -0.0646. The van der Waals surface area contributed by atoms with Crippen molar-refractivity contribution in [2.45, 2.75) is 6.54 Å². The lowest BCUT2D eigenvalue weighted by Crippen LogP contribution is -2.24. The minimum absolute atomic E-state index is 0.0646. The van der Waals surface area contributed by atoms with Crippen LogP contribution in [0.3, 0.4) is 0 Å². The quantitative estimate of drug-likeness (QED) is 0.625. The van der Waals surface area contributed by atoms with Crippen LogP contribution < -0.4 is 5.32 Å². The van der Waals surface area contributed by atoms with E-state index in [0.29, 0.717) is 12.2 Å². The van der Waals surface area contributed by atoms with E-state index in [1.165, 1.54) is 0 Å². The number of aromatic nitrogens is 2. The molecule has 23 heavy (non-hydrogen) atoms. The number of thiazole rings is 1. The highest BCUT2D eigenvalue weighted by atomic mass is 32.1. The number of nitrogens with one attached hydrogen (secondary N) is 1. The maximum absolute atomic E-state index is 12.5. The van der Waals surface area contributed by atoms with Gasteiger partial charge in [-0.05, 0) is 23.8 Å². The molecule has 4 nitrogen and oxygen atoms in total. The molecule has 0 unspecified atom stereocenters. The molecule has 4 aromatic rings. The second-order valence-electron chi connectivity index (χ2n) is 5.45. The molecule has 5 heteroatoms. The average molecular weight is 321 g/mol. The smallest absolute Gasteiger partial charge is 0.268 e. The Labute approximate surface area is 137 Å². The highest BCUT2D eigenvalue weighted by Gasteiger charge is 2.13. The zero-order valence-electron chi connectivity index (χ0n) is 12.6. The third-order valence-electron chi connectivity index (χ3n) is 4.06. The van der Waals surface area contributed by atoms with Crippen LogP contribution in [0.4, 0.5) is 0 Å². The topological polar surface area (TPSA) is 46.9 Å². The van der Waals surface area contributed by atoms with Crippen molar-refractivity contribution in [1.82, 2.24) is 14.9 Å². The lowest BCUT2D eigenvalue weighted by Gasteiger charge is -2.07. The van der Waals surface area contributed by atoms with Gasteiger partial charge in [0.15, 0.2) is 0 Å². The van der Waals surface area contributed by atoms with Gasteiger partial charge < -0.3 is 9.88 Å². The van der Waals surface area contributed by atoms with Crippen LogP contribution in [0.25, 0.3) is 21.1 Å². The predicted octanol–water partition coefficient (Wildman–Crippen LogP) is 3.72. The number of hydrogen-bond acceptors (Lipinski definition) is 3. The highest BCUT2D eigenvalue weighted by molar-refractivity contribution is 7.16. The molecule has 0 aliphatic heterocycles. The lowest BCUT2D eigenvalue weighted by molar-refractivity contribution is 0.0943. The summed E-state index contributed by atoms with van der Waals surface area (Å²) in [7, 11) is 1.92. The number of hydrogen-bond donors (Lipinski definition) is 1. The SMILES string of the molecule is Cn1c(C(=O)NCc2cccc3ncsc23)cc2ccccc21. The van der Waals surface area contributed by atoms with Crippen molar-refractivity contribution in [1.29, 1.82) is 0 Å². The minimum atomic E-state index is -0.0646. The van der Waals surface area contributed by atoms with Crippen molar-refractivity contribution >= 4 is 38.4 Å². The Hall–Kier alpha value is -2.66. The van der Waals surface area contributed by atoms with Crippen molar-refractivity contribution in [3.05, 3.63) is 65.3 Å². The molecule has 0 spiro atoms. The number of carbonyl (C=O) groups excluding carboxylic acids is 1. The molecule has 0 bridgehead atoms. The van der Waals surface area contributed by atoms with Gasteiger partial charge in [-0.25, -0.2) is 4.98 Å². The normalized spacial score (nSPS) is 11.2. The molecule has 0 aliphatic rings. The van der Waals surface area contributed by atoms with Crippen molar-refractivity contribution in [2.24, 2.45) is 7.05 Å². The first-order chi connectivity index (χ1) is 11.2. The Balaban J connectivity index is 1.60. The number of carbonyl (C=O) groups is 1. The molecule has 0 aliphatic carbocycles. The van der Waals surface area contributed by atoms with Gasteiger partial charge in [0.05, 0.1) is 15.7 Å². The summed E-state index contributed by atoms with van der Waals surface area (Å²) in [4.78, 5) is 16.8. The standard InChI is InChI=1S/C18H15N3OS/c1-21-15-8-3-2-5-12(15)9-16(21)18(22)19-10-13-6-4-7-14-17(13)23-11-20-14/h2-9,11H,10H2,1H3,(H,19,22). The fourth-order valence-corrected chi connectivity index (χ4v) is 3.66. The fourth-order valence-electron chi connectivity index (χ4n) is 2.86. The molecule has 0 radical (unpaired) electrons. The van der Waals surface area contributed by atoms with E-state index < -0.39 is 0 Å². The molecular weight excluding hydrogens is 306 g/mol. The number of benzene rings is 2. The Morgan fingerprint density at radius 1 is 1.22 bits per heavy atom. The van der Waals surface area contributed by atoms with Crippen molar-refractivity contribution in [3.8, 4) is 0 Å². The summed E-state index contributed by atoms with van der Waals surface area (Å²) in [6.07, 6.45) is 0. The summed E-state index contributed by atoms with van der Waals surface area (Å²) in [6, 6.07) is 15.9. The van der Waals surface area contributed by atoms with E-state index in [2.05, 4.69) is 10.3 Å². The summed E-state index contributed by atoms with van der Waals surface area (Å²) in [6.45, 7) is 0.500. The first-order valence-corrected chi connectivity index (χ1v) is 8.26. The molecule has 0 saturated carbocycles. The van der Waals surface area contributed by atoms with Crippen LogP contribution in [0.1, 0.15) is 16.1 Å². The van der Waals surface area contributed by atoms with Gasteiger partial charge >= 0.3 is 0 Å². The molecule has 114 valence electrons. The molecular formula is C18H15N3OS. The third kappa shape index (κ3) is 2.39. The highest BCUT2D eigenvalue weighted by Crippen LogP contribution is 2.22. The van der Waals surface area contributed by atoms with Gasteiger partial charge in [0.1, 0.15) is 5.69 Å². The molecule has 2 aromatic heterocycles. The number of para-hydroxylation sites is 1. The summed E-state index contributed by atoms with van der Waals surface area (Å²) in [5.41, 5.74) is 5.63. The van der Waals surface area contributed by atoms with Crippen molar-refractivity contribution in [2.75, 3.05) is 0 Å². The van der Waals surface area contributed by atoms with Crippen molar-refractivity contribution in [3.63, 3.8) is 0 Å². The number of amides is 1. The molecule has 0 atom stereocenters. The van der Waals surface area contributed by atoms with Crippen LogP contribution in [0, 0.1) is 0 Å². The first-order valence-electron chi connectivity index (χ1n) is 7.38. The van der Waals surface area contributed by atoms with Gasteiger partial charge in [-0.3, -0.25) is 4.79 Å². The van der Waals surface area contributed by atoms with Gasteiger partial charge in [-0.1, -0.05) is 30.3 Å². The fraction of sp³-hybridized carbons (Fsp3) is 0.111. The molecule has 0 saturated heterocycles. The third-order valence-corrected chi connectivity index (χ3v) is 4.98. The number of nitrogens with zero attached hydrogens (tertiary/aromatic N) is 2. The average Bonchev–Trinajstić information content (AvgIpc) is 3.18. The number of fused-ring (bicyclic) bond motifs is 2. The van der Waals surface area contributed by atoms with Gasteiger partial charge in [-0.2, -0.15) is 0 Å². The van der Waals surface area contributed by atoms with E-state index in [9.17, 15) is 4.79 Å². The molecule has 4 rings (SSSR count). The monoisotopic (exact) mass is 321 g/mol. The zero-order chi connectivity index (χ0) is 15.8. The van der Waals surface area contributed by atoms with Gasteiger partial charge in [0.25, 0.3) is 5.91 Å². The predicted molar refractivity (Wildman–Crippen MR) is 93.7 cm³/mol. The summed E-state index contributed by atoms with van der Waals surface area (Å²) in [5, 5.41) is 4.09. The number of aryl methyl sites for hydroxylation is 1. The van der Waals surface area contributed by atoms with Crippen LogP contribution in [0.2, 0.25) is 0 Å². The summed E-state index contributed by atoms with van der Waals surface area (Å²) >= 11 is 1.60. The van der Waals surface area contributed by atoms with Crippen LogP contribution in [0.5, 0.6) is 0 Å². The van der Waals surface area contributed by atoms with E-state index in [-0.39, 0.29) is 5.91 Å². The van der Waals surface area contributed by atoms with Gasteiger partial charge in [0, 0.05) is 24.5 Å². The van der Waals surface area contributed by atoms with Gasteiger partial charge in [-0.15, -0.1) is 11.3 Å².